The van der Waals surface area contributed by atoms with Crippen molar-refractivity contribution in [3.8, 4) is 0 Å². The summed E-state index contributed by atoms with van der Waals surface area (Å²) in [5.41, 5.74) is 1.20. The third-order valence-corrected chi connectivity index (χ3v) is 6.87. The molecule has 0 unspecified atom stereocenters. The zero-order valence-electron chi connectivity index (χ0n) is 10.7. The van der Waals surface area contributed by atoms with Gasteiger partial charge in [0.25, 0.3) is 0 Å². The minimum atomic E-state index is 0.331. The van der Waals surface area contributed by atoms with E-state index in [4.69, 9.17) is 0 Å². The molecule has 1 heterocycles. The van der Waals surface area contributed by atoms with Gasteiger partial charge in [0.15, 0.2) is 5.78 Å². The van der Waals surface area contributed by atoms with E-state index in [-0.39, 0.29) is 0 Å². The molecule has 18 heavy (non-hydrogen) atoms. The van der Waals surface area contributed by atoms with Gasteiger partial charge in [-0.3, -0.25) is 4.79 Å². The van der Waals surface area contributed by atoms with Crippen molar-refractivity contribution in [2.24, 2.45) is 17.8 Å². The van der Waals surface area contributed by atoms with Gasteiger partial charge in [0.2, 0.25) is 0 Å². The summed E-state index contributed by atoms with van der Waals surface area (Å²) in [5, 5.41) is 0. The highest BCUT2D eigenvalue weighted by atomic mass is 79.9. The fourth-order valence-electron chi connectivity index (χ4n) is 3.16. The van der Waals surface area contributed by atoms with Crippen molar-refractivity contribution in [1.82, 2.24) is 0 Å². The van der Waals surface area contributed by atoms with Crippen molar-refractivity contribution in [3.05, 3.63) is 20.3 Å². The van der Waals surface area contributed by atoms with Gasteiger partial charge in [-0.05, 0) is 72.0 Å². The maximum Gasteiger partial charge on any atom is 0.176 e. The second kappa shape index (κ2) is 5.09. The first-order valence-electron chi connectivity index (χ1n) is 6.97. The number of carbonyl (C=O) groups excluding carboxylic acids is 1. The standard InChI is InChI=1S/C15H19BrOS/c1-9-8-12(18-15(9)16)14(17)13(10-4-2-5-10)11-6-3-7-11/h8,10-11,13H,2-7H2,1H3. The van der Waals surface area contributed by atoms with Crippen LogP contribution in [0.2, 0.25) is 0 Å². The fourth-order valence-corrected chi connectivity index (χ4v) is 4.68. The van der Waals surface area contributed by atoms with E-state index in [2.05, 4.69) is 28.9 Å². The largest absolute Gasteiger partial charge is 0.293 e. The molecule has 1 nitrogen and oxygen atoms in total. The average molecular weight is 327 g/mol. The lowest BCUT2D eigenvalue weighted by atomic mass is 9.63. The summed E-state index contributed by atoms with van der Waals surface area (Å²) in [6, 6.07) is 2.07. The lowest BCUT2D eigenvalue weighted by Gasteiger charge is -2.41. The number of hydrogen-bond acceptors (Lipinski definition) is 2. The van der Waals surface area contributed by atoms with Crippen molar-refractivity contribution >= 4 is 33.0 Å². The Morgan fingerprint density at radius 1 is 1.28 bits per heavy atom. The number of ketones is 1. The lowest BCUT2D eigenvalue weighted by molar-refractivity contribution is 0.0582. The van der Waals surface area contributed by atoms with Crippen molar-refractivity contribution in [1.29, 1.82) is 0 Å². The molecule has 0 aliphatic heterocycles. The average Bonchev–Trinajstić information content (AvgIpc) is 2.52. The van der Waals surface area contributed by atoms with Crippen molar-refractivity contribution in [2.45, 2.75) is 45.4 Å². The van der Waals surface area contributed by atoms with E-state index in [0.717, 1.165) is 8.66 Å². The molecule has 2 saturated carbocycles. The van der Waals surface area contributed by atoms with Crippen molar-refractivity contribution in [2.75, 3.05) is 0 Å². The van der Waals surface area contributed by atoms with Crippen LogP contribution in [0.5, 0.6) is 0 Å². The predicted octanol–water partition coefficient (Wildman–Crippen LogP) is 5.22. The first-order valence-corrected chi connectivity index (χ1v) is 8.58. The topological polar surface area (TPSA) is 17.1 Å². The Bertz CT molecular complexity index is 424. The Morgan fingerprint density at radius 2 is 1.83 bits per heavy atom. The monoisotopic (exact) mass is 326 g/mol. The SMILES string of the molecule is Cc1cc(C(=O)C(C2CCC2)C2CCC2)sc1Br. The third-order valence-electron chi connectivity index (χ3n) is 4.72. The second-order valence-electron chi connectivity index (χ2n) is 5.84. The molecule has 1 aromatic rings. The summed E-state index contributed by atoms with van der Waals surface area (Å²) in [6.45, 7) is 2.07. The molecule has 0 saturated heterocycles. The number of carbonyl (C=O) groups is 1. The summed E-state index contributed by atoms with van der Waals surface area (Å²) in [7, 11) is 0. The zero-order valence-corrected chi connectivity index (χ0v) is 13.1. The van der Waals surface area contributed by atoms with Crippen LogP contribution < -0.4 is 0 Å². The maximum absolute atomic E-state index is 12.8. The molecule has 0 aromatic carbocycles. The number of hydrogen-bond donors (Lipinski definition) is 0. The van der Waals surface area contributed by atoms with E-state index in [0.29, 0.717) is 23.5 Å². The first kappa shape index (κ1) is 12.9. The summed E-state index contributed by atoms with van der Waals surface area (Å²) < 4.78 is 1.12. The normalized spacial score (nSPS) is 20.8. The van der Waals surface area contributed by atoms with Crippen LogP contribution in [-0.4, -0.2) is 5.78 Å². The molecule has 0 radical (unpaired) electrons. The van der Waals surface area contributed by atoms with Gasteiger partial charge in [-0.25, -0.2) is 0 Å². The second-order valence-corrected chi connectivity index (χ2v) is 8.21. The van der Waals surface area contributed by atoms with Crippen LogP contribution in [0.25, 0.3) is 0 Å². The number of rotatable bonds is 4. The van der Waals surface area contributed by atoms with Crippen molar-refractivity contribution in [3.63, 3.8) is 0 Å². The molecule has 0 amide bonds. The van der Waals surface area contributed by atoms with Crippen LogP contribution in [0.4, 0.5) is 0 Å². The molecule has 0 bridgehead atoms. The van der Waals surface area contributed by atoms with Gasteiger partial charge in [-0.15, -0.1) is 11.3 Å². The third kappa shape index (κ3) is 2.20. The smallest absolute Gasteiger partial charge is 0.176 e. The van der Waals surface area contributed by atoms with E-state index >= 15 is 0 Å². The first-order chi connectivity index (χ1) is 8.66. The van der Waals surface area contributed by atoms with Gasteiger partial charge in [-0.1, -0.05) is 12.8 Å². The summed E-state index contributed by atoms with van der Waals surface area (Å²) in [5.74, 6) is 2.13. The van der Waals surface area contributed by atoms with E-state index in [1.54, 1.807) is 11.3 Å². The van der Waals surface area contributed by atoms with E-state index in [1.807, 2.05) is 0 Å². The lowest BCUT2D eigenvalue weighted by Crippen LogP contribution is -2.37. The van der Waals surface area contributed by atoms with Crippen LogP contribution in [0.3, 0.4) is 0 Å². The molecular formula is C15H19BrOS. The highest BCUT2D eigenvalue weighted by Crippen LogP contribution is 2.46. The van der Waals surface area contributed by atoms with Crippen LogP contribution in [0.15, 0.2) is 9.85 Å². The minimum Gasteiger partial charge on any atom is -0.293 e. The molecule has 0 spiro atoms. The molecular weight excluding hydrogens is 308 g/mol. The number of halogens is 1. The number of aryl methyl sites for hydroxylation is 1. The molecule has 2 aliphatic carbocycles. The van der Waals surface area contributed by atoms with Gasteiger partial charge < -0.3 is 0 Å². The highest BCUT2D eigenvalue weighted by molar-refractivity contribution is 9.11. The van der Waals surface area contributed by atoms with E-state index in [9.17, 15) is 4.79 Å². The Balaban J connectivity index is 1.82. The number of Topliss-reactive ketones (excluding diaryl/α,β-unsaturated/α-hetero) is 1. The maximum atomic E-state index is 12.8. The summed E-state index contributed by atoms with van der Waals surface area (Å²) >= 11 is 5.16. The Hall–Kier alpha value is -0.150. The molecule has 2 fully saturated rings. The Morgan fingerprint density at radius 3 is 2.17 bits per heavy atom. The quantitative estimate of drug-likeness (QED) is 0.693. The molecule has 2 aliphatic rings. The van der Waals surface area contributed by atoms with Gasteiger partial charge in [0.1, 0.15) is 0 Å². The molecule has 1 aromatic heterocycles. The highest BCUT2D eigenvalue weighted by Gasteiger charge is 2.41. The molecule has 3 rings (SSSR count). The van der Waals surface area contributed by atoms with Gasteiger partial charge in [0.05, 0.1) is 8.66 Å². The minimum absolute atomic E-state index is 0.331. The van der Waals surface area contributed by atoms with Gasteiger partial charge in [0, 0.05) is 5.92 Å². The molecule has 0 N–H and O–H groups in total. The van der Waals surface area contributed by atoms with Gasteiger partial charge in [-0.2, -0.15) is 0 Å². The summed E-state index contributed by atoms with van der Waals surface area (Å²) in [4.78, 5) is 13.7. The fraction of sp³-hybridized carbons (Fsp3) is 0.667. The van der Waals surface area contributed by atoms with Crippen LogP contribution in [0.1, 0.15) is 53.8 Å². The van der Waals surface area contributed by atoms with Crippen LogP contribution >= 0.6 is 27.3 Å². The zero-order chi connectivity index (χ0) is 12.7. The predicted molar refractivity (Wildman–Crippen MR) is 79.3 cm³/mol. The van der Waals surface area contributed by atoms with E-state index < -0.39 is 0 Å². The Labute approximate surface area is 121 Å². The molecule has 3 heteroatoms. The molecule has 98 valence electrons. The number of thiophene rings is 1. The van der Waals surface area contributed by atoms with Crippen LogP contribution in [-0.2, 0) is 0 Å². The molecule has 0 atom stereocenters. The van der Waals surface area contributed by atoms with E-state index in [1.165, 1.54) is 44.1 Å². The van der Waals surface area contributed by atoms with Crippen LogP contribution in [0, 0.1) is 24.7 Å². The Kier molecular flexibility index (Phi) is 3.63. The van der Waals surface area contributed by atoms with Gasteiger partial charge >= 0.3 is 0 Å². The summed E-state index contributed by atoms with van der Waals surface area (Å²) in [6.07, 6.45) is 7.76. The van der Waals surface area contributed by atoms with Crippen molar-refractivity contribution < 1.29 is 4.79 Å².